The van der Waals surface area contributed by atoms with Gasteiger partial charge in [0.15, 0.2) is 5.58 Å². The van der Waals surface area contributed by atoms with Crippen molar-refractivity contribution in [1.29, 1.82) is 0 Å². The second-order valence-corrected chi connectivity index (χ2v) is 6.63. The van der Waals surface area contributed by atoms with Crippen molar-refractivity contribution in [2.24, 2.45) is 0 Å². The number of amides is 1. The van der Waals surface area contributed by atoms with Crippen LogP contribution in [0, 0.1) is 10.1 Å². The number of nitro groups is 1. The molecule has 0 aliphatic rings. The molecule has 9 heteroatoms. The van der Waals surface area contributed by atoms with Crippen LogP contribution in [0.4, 0.5) is 11.4 Å². The molecule has 0 aliphatic carbocycles. The normalized spacial score (nSPS) is 10.9. The van der Waals surface area contributed by atoms with E-state index in [1.54, 1.807) is 11.8 Å². The van der Waals surface area contributed by atoms with Gasteiger partial charge in [0.25, 0.3) is 5.69 Å². The maximum absolute atomic E-state index is 12.2. The summed E-state index contributed by atoms with van der Waals surface area (Å²) in [5.41, 5.74) is 1.25. The van der Waals surface area contributed by atoms with Crippen molar-refractivity contribution in [2.75, 3.05) is 11.6 Å². The second kappa shape index (κ2) is 8.09. The van der Waals surface area contributed by atoms with E-state index < -0.39 is 10.7 Å². The number of aromatic nitrogens is 1. The summed E-state index contributed by atoms with van der Waals surface area (Å²) in [6.45, 7) is 0.279. The number of non-ortho nitro benzene ring substituents is 1. The van der Waals surface area contributed by atoms with Crippen molar-refractivity contribution < 1.29 is 14.1 Å². The lowest BCUT2D eigenvalue weighted by Crippen LogP contribution is -2.17. The number of anilines is 1. The van der Waals surface area contributed by atoms with Gasteiger partial charge >= 0.3 is 5.76 Å². The van der Waals surface area contributed by atoms with Crippen molar-refractivity contribution in [3.05, 3.63) is 63.1 Å². The summed E-state index contributed by atoms with van der Waals surface area (Å²) in [4.78, 5) is 35.4. The Morgan fingerprint density at radius 1 is 1.30 bits per heavy atom. The maximum Gasteiger partial charge on any atom is 0.419 e. The molecule has 140 valence electrons. The molecule has 0 radical (unpaired) electrons. The highest BCUT2D eigenvalue weighted by Crippen LogP contribution is 2.25. The summed E-state index contributed by atoms with van der Waals surface area (Å²) >= 11 is 1.55. The van der Waals surface area contributed by atoms with Crippen LogP contribution in [0.3, 0.4) is 0 Å². The largest absolute Gasteiger partial charge is 0.419 e. The zero-order valence-corrected chi connectivity index (χ0v) is 15.3. The lowest BCUT2D eigenvalue weighted by Gasteiger charge is -2.09. The summed E-state index contributed by atoms with van der Waals surface area (Å²) in [5, 5.41) is 13.7. The molecule has 0 aliphatic heterocycles. The Morgan fingerprint density at radius 2 is 2.07 bits per heavy atom. The Labute approximate surface area is 158 Å². The molecule has 0 fully saturated rings. The summed E-state index contributed by atoms with van der Waals surface area (Å²) in [5.74, 6) is -0.744. The second-order valence-electron chi connectivity index (χ2n) is 5.78. The standard InChI is InChI=1S/C18H17N3O5S/c1-27-16-6-3-2-5-13(16)19-17(22)7-4-10-20-14-9-8-12(21(24)25)11-15(14)26-18(20)23/h2-3,5-6,8-9,11H,4,7,10H2,1H3,(H,19,22). The van der Waals surface area contributed by atoms with Gasteiger partial charge in [-0.2, -0.15) is 0 Å². The van der Waals surface area contributed by atoms with Crippen LogP contribution in [0.2, 0.25) is 0 Å². The van der Waals surface area contributed by atoms with Gasteiger partial charge in [0.05, 0.1) is 22.2 Å². The smallest absolute Gasteiger partial charge is 0.407 e. The lowest BCUT2D eigenvalue weighted by atomic mass is 10.2. The molecule has 2 aromatic carbocycles. The van der Waals surface area contributed by atoms with Gasteiger partial charge in [0.2, 0.25) is 5.91 Å². The Morgan fingerprint density at radius 3 is 2.81 bits per heavy atom. The number of carbonyl (C=O) groups is 1. The van der Waals surface area contributed by atoms with Crippen molar-refractivity contribution in [2.45, 2.75) is 24.3 Å². The highest BCUT2D eigenvalue weighted by molar-refractivity contribution is 7.98. The van der Waals surface area contributed by atoms with Gasteiger partial charge in [0.1, 0.15) is 0 Å². The summed E-state index contributed by atoms with van der Waals surface area (Å²) < 4.78 is 6.45. The molecule has 0 saturated heterocycles. The predicted molar refractivity (Wildman–Crippen MR) is 103 cm³/mol. The average Bonchev–Trinajstić information content (AvgIpc) is 2.96. The van der Waals surface area contributed by atoms with Gasteiger partial charge in [-0.1, -0.05) is 12.1 Å². The van der Waals surface area contributed by atoms with Gasteiger partial charge in [-0.05, 0) is 30.9 Å². The SMILES string of the molecule is CSc1ccccc1NC(=O)CCCn1c(=O)oc2cc([N+](=O)[O-])ccc21. The fourth-order valence-corrected chi connectivity index (χ4v) is 3.29. The summed E-state index contributed by atoms with van der Waals surface area (Å²) in [6.07, 6.45) is 2.60. The molecule has 1 amide bonds. The number of benzene rings is 2. The Kier molecular flexibility index (Phi) is 5.60. The predicted octanol–water partition coefficient (Wildman–Crippen LogP) is 3.64. The number of fused-ring (bicyclic) bond motifs is 1. The minimum Gasteiger partial charge on any atom is -0.407 e. The van der Waals surface area contributed by atoms with E-state index in [-0.39, 0.29) is 30.1 Å². The van der Waals surface area contributed by atoms with E-state index in [1.807, 2.05) is 30.5 Å². The number of aryl methyl sites for hydroxylation is 1. The van der Waals surface area contributed by atoms with Gasteiger partial charge in [-0.15, -0.1) is 11.8 Å². The van der Waals surface area contributed by atoms with E-state index in [0.717, 1.165) is 10.6 Å². The highest BCUT2D eigenvalue weighted by Gasteiger charge is 2.14. The molecule has 0 unspecified atom stereocenters. The van der Waals surface area contributed by atoms with Crippen LogP contribution in [-0.2, 0) is 11.3 Å². The molecule has 0 bridgehead atoms. The fourth-order valence-electron chi connectivity index (χ4n) is 2.74. The van der Waals surface area contributed by atoms with Gasteiger partial charge in [-0.25, -0.2) is 4.79 Å². The number of nitro benzene ring substituents is 1. The third-order valence-corrected chi connectivity index (χ3v) is 4.83. The molecule has 8 nitrogen and oxygen atoms in total. The topological polar surface area (TPSA) is 107 Å². The maximum atomic E-state index is 12.2. The monoisotopic (exact) mass is 387 g/mol. The first-order valence-corrected chi connectivity index (χ1v) is 9.42. The van der Waals surface area contributed by atoms with Crippen LogP contribution in [0.5, 0.6) is 0 Å². The Balaban J connectivity index is 1.65. The number of nitrogens with zero attached hydrogens (tertiary/aromatic N) is 2. The van der Waals surface area contributed by atoms with Gasteiger partial charge < -0.3 is 9.73 Å². The first kappa shape index (κ1) is 18.7. The average molecular weight is 387 g/mol. The molecule has 3 aromatic rings. The minimum absolute atomic E-state index is 0.143. The number of oxazole rings is 1. The molecule has 1 heterocycles. The van der Waals surface area contributed by atoms with E-state index in [0.29, 0.717) is 11.9 Å². The van der Waals surface area contributed by atoms with Gasteiger partial charge in [-0.3, -0.25) is 19.5 Å². The van der Waals surface area contributed by atoms with Crippen LogP contribution in [-0.4, -0.2) is 21.7 Å². The van der Waals surface area contributed by atoms with E-state index >= 15 is 0 Å². The summed E-state index contributed by atoms with van der Waals surface area (Å²) in [6, 6.07) is 11.5. The molecule has 0 atom stereocenters. The van der Waals surface area contributed by atoms with E-state index in [1.165, 1.54) is 22.8 Å². The van der Waals surface area contributed by atoms with Gasteiger partial charge in [0, 0.05) is 23.9 Å². The number of thioether (sulfide) groups is 1. The molecule has 1 N–H and O–H groups in total. The van der Waals surface area contributed by atoms with Crippen molar-refractivity contribution in [3.63, 3.8) is 0 Å². The molecule has 0 saturated carbocycles. The van der Waals surface area contributed by atoms with Crippen LogP contribution < -0.4 is 11.1 Å². The van der Waals surface area contributed by atoms with Crippen molar-refractivity contribution >= 4 is 40.1 Å². The molecule has 0 spiro atoms. The summed E-state index contributed by atoms with van der Waals surface area (Å²) in [7, 11) is 0. The van der Waals surface area contributed by atoms with Crippen LogP contribution >= 0.6 is 11.8 Å². The molecular weight excluding hydrogens is 370 g/mol. The number of carbonyl (C=O) groups excluding carboxylic acids is 1. The molecule has 27 heavy (non-hydrogen) atoms. The molecular formula is C18H17N3O5S. The van der Waals surface area contributed by atoms with Crippen molar-refractivity contribution in [1.82, 2.24) is 4.57 Å². The van der Waals surface area contributed by atoms with Crippen molar-refractivity contribution in [3.8, 4) is 0 Å². The molecule has 3 rings (SSSR count). The quantitative estimate of drug-likeness (QED) is 0.377. The zero-order valence-electron chi connectivity index (χ0n) is 14.5. The van der Waals surface area contributed by atoms with E-state index in [4.69, 9.17) is 4.42 Å². The Hall–Kier alpha value is -3.07. The third-order valence-electron chi connectivity index (χ3n) is 4.03. The van der Waals surface area contributed by atoms with Crippen LogP contribution in [0.15, 0.2) is 56.6 Å². The highest BCUT2D eigenvalue weighted by atomic mass is 32.2. The van der Waals surface area contributed by atoms with Crippen LogP contribution in [0.25, 0.3) is 11.1 Å². The first-order valence-electron chi connectivity index (χ1n) is 8.20. The Bertz CT molecular complexity index is 1060. The number of nitrogens with one attached hydrogen (secondary N) is 1. The zero-order chi connectivity index (χ0) is 19.4. The van der Waals surface area contributed by atoms with E-state index in [2.05, 4.69) is 5.32 Å². The number of hydrogen-bond acceptors (Lipinski definition) is 6. The number of rotatable bonds is 7. The number of para-hydroxylation sites is 1. The molecule has 1 aromatic heterocycles. The first-order chi connectivity index (χ1) is 13.0. The van der Waals surface area contributed by atoms with Crippen LogP contribution in [0.1, 0.15) is 12.8 Å². The number of hydrogen-bond donors (Lipinski definition) is 1. The third kappa shape index (κ3) is 4.20. The fraction of sp³-hybridized carbons (Fsp3) is 0.222. The minimum atomic E-state index is -0.598. The lowest BCUT2D eigenvalue weighted by molar-refractivity contribution is -0.384. The van der Waals surface area contributed by atoms with E-state index in [9.17, 15) is 19.7 Å².